The molecule has 0 bridgehead atoms. The van der Waals surface area contributed by atoms with Crippen molar-refractivity contribution in [1.29, 1.82) is 0 Å². The first-order chi connectivity index (χ1) is 14.7. The minimum atomic E-state index is -0.936. The van der Waals surface area contributed by atoms with Crippen LogP contribution >= 0.6 is 0 Å². The third-order valence-electron chi connectivity index (χ3n) is 5.87. The second kappa shape index (κ2) is 9.81. The Morgan fingerprint density at radius 1 is 1.23 bits per heavy atom. The number of nitrogens with one attached hydrogen (secondary N) is 1. The molecule has 1 aliphatic rings. The Hall–Kier alpha value is -2.41. The van der Waals surface area contributed by atoms with E-state index in [9.17, 15) is 15.0 Å². The summed E-state index contributed by atoms with van der Waals surface area (Å²) in [7, 11) is 0. The number of aliphatic hydroxyl groups excluding tert-OH is 1. The molecule has 168 valence electrons. The van der Waals surface area contributed by atoms with Gasteiger partial charge in [0, 0.05) is 12.1 Å². The van der Waals surface area contributed by atoms with Gasteiger partial charge in [0.05, 0.1) is 17.3 Å². The molecule has 31 heavy (non-hydrogen) atoms. The van der Waals surface area contributed by atoms with Gasteiger partial charge >= 0.3 is 0 Å². The van der Waals surface area contributed by atoms with Crippen molar-refractivity contribution in [1.82, 2.24) is 5.32 Å². The number of hydrogen-bond acceptors (Lipinski definition) is 5. The zero-order valence-electron chi connectivity index (χ0n) is 18.5. The van der Waals surface area contributed by atoms with Gasteiger partial charge in [-0.1, -0.05) is 30.3 Å². The van der Waals surface area contributed by atoms with Crippen LogP contribution in [0, 0.1) is 0 Å². The van der Waals surface area contributed by atoms with Gasteiger partial charge in [0.2, 0.25) is 0 Å². The average molecular weight is 428 g/mol. The molecule has 1 amide bonds. The van der Waals surface area contributed by atoms with E-state index in [1.165, 1.54) is 0 Å². The second-order valence-electron chi connectivity index (χ2n) is 8.95. The zero-order chi connectivity index (χ0) is 22.5. The fraction of sp³-hybridized carbons (Fsp3) is 0.480. The number of benzene rings is 2. The molecule has 1 aliphatic heterocycles. The summed E-state index contributed by atoms with van der Waals surface area (Å²) in [5, 5.41) is 23.7. The van der Waals surface area contributed by atoms with Gasteiger partial charge in [-0.05, 0) is 69.9 Å². The molecule has 3 rings (SSSR count). The molecule has 0 aromatic heterocycles. The van der Waals surface area contributed by atoms with Crippen LogP contribution in [0.4, 0.5) is 0 Å². The van der Waals surface area contributed by atoms with Crippen molar-refractivity contribution in [2.24, 2.45) is 0 Å². The Balaban J connectivity index is 1.43. The van der Waals surface area contributed by atoms with Crippen LogP contribution in [-0.4, -0.2) is 52.7 Å². The molecule has 6 nitrogen and oxygen atoms in total. The molecule has 1 saturated heterocycles. The maximum Gasteiger partial charge on any atom is 0.251 e. The lowest BCUT2D eigenvalue weighted by atomic mass is 9.94. The van der Waals surface area contributed by atoms with Crippen LogP contribution in [0.5, 0.6) is 5.75 Å². The quantitative estimate of drug-likeness (QED) is 0.572. The van der Waals surface area contributed by atoms with E-state index in [1.54, 1.807) is 26.0 Å². The Morgan fingerprint density at radius 2 is 1.90 bits per heavy atom. The SMILES string of the molecule is CC(C)(O)[C@@H]1CC[C@@](C)([C@H](O)COc2ccc(CCNC(=O)c3ccccc3)cc2)O1. The normalized spacial score (nSPS) is 22.2. The van der Waals surface area contributed by atoms with Crippen LogP contribution < -0.4 is 10.1 Å². The molecule has 1 fully saturated rings. The van der Waals surface area contributed by atoms with Crippen LogP contribution in [0.15, 0.2) is 54.6 Å². The highest BCUT2D eigenvalue weighted by atomic mass is 16.6. The Morgan fingerprint density at radius 3 is 2.52 bits per heavy atom. The van der Waals surface area contributed by atoms with Crippen molar-refractivity contribution in [3.8, 4) is 5.75 Å². The molecule has 1 heterocycles. The molecule has 6 heteroatoms. The first kappa shape index (κ1) is 23.3. The van der Waals surface area contributed by atoms with Crippen LogP contribution in [0.3, 0.4) is 0 Å². The third kappa shape index (κ3) is 6.29. The number of carbonyl (C=O) groups excluding carboxylic acids is 1. The maximum atomic E-state index is 12.1. The summed E-state index contributed by atoms with van der Waals surface area (Å²) < 4.78 is 11.7. The van der Waals surface area contributed by atoms with Gasteiger partial charge in [-0.25, -0.2) is 0 Å². The van der Waals surface area contributed by atoms with Crippen molar-refractivity contribution in [2.45, 2.75) is 63.4 Å². The number of amides is 1. The van der Waals surface area contributed by atoms with Crippen molar-refractivity contribution in [3.05, 3.63) is 65.7 Å². The second-order valence-corrected chi connectivity index (χ2v) is 8.95. The molecule has 0 spiro atoms. The van der Waals surface area contributed by atoms with Crippen LogP contribution in [0.1, 0.15) is 49.5 Å². The number of rotatable bonds is 9. The molecule has 0 saturated carbocycles. The van der Waals surface area contributed by atoms with Crippen molar-refractivity contribution in [3.63, 3.8) is 0 Å². The van der Waals surface area contributed by atoms with E-state index in [2.05, 4.69) is 5.32 Å². The zero-order valence-corrected chi connectivity index (χ0v) is 18.5. The monoisotopic (exact) mass is 427 g/mol. The van der Waals surface area contributed by atoms with Crippen LogP contribution in [0.2, 0.25) is 0 Å². The number of carbonyl (C=O) groups is 1. The molecular formula is C25H33NO5. The molecule has 3 atom stereocenters. The van der Waals surface area contributed by atoms with Crippen molar-refractivity contribution >= 4 is 5.91 Å². The van der Waals surface area contributed by atoms with Gasteiger partial charge in [0.1, 0.15) is 18.5 Å². The summed E-state index contributed by atoms with van der Waals surface area (Å²) in [6, 6.07) is 16.8. The lowest BCUT2D eigenvalue weighted by molar-refractivity contribution is -0.158. The predicted octanol–water partition coefficient (Wildman–Crippen LogP) is 3.11. The van der Waals surface area contributed by atoms with E-state index < -0.39 is 17.3 Å². The summed E-state index contributed by atoms with van der Waals surface area (Å²) in [5.41, 5.74) is 0.0648. The van der Waals surface area contributed by atoms with Crippen LogP contribution in [-0.2, 0) is 11.2 Å². The average Bonchev–Trinajstić information content (AvgIpc) is 3.17. The van der Waals surface area contributed by atoms with E-state index in [0.717, 1.165) is 5.56 Å². The molecule has 2 aromatic rings. The van der Waals surface area contributed by atoms with Gasteiger partial charge in [-0.2, -0.15) is 0 Å². The summed E-state index contributed by atoms with van der Waals surface area (Å²) in [6.45, 7) is 5.97. The van der Waals surface area contributed by atoms with Crippen molar-refractivity contribution < 1.29 is 24.5 Å². The topological polar surface area (TPSA) is 88.0 Å². The Bertz CT molecular complexity index is 846. The van der Waals surface area contributed by atoms with Gasteiger partial charge in [0.25, 0.3) is 5.91 Å². The number of aliphatic hydroxyl groups is 2. The fourth-order valence-electron chi connectivity index (χ4n) is 3.72. The third-order valence-corrected chi connectivity index (χ3v) is 5.87. The lowest BCUT2D eigenvalue weighted by Gasteiger charge is -2.33. The first-order valence-electron chi connectivity index (χ1n) is 10.8. The number of hydrogen-bond donors (Lipinski definition) is 3. The van der Waals surface area contributed by atoms with E-state index in [4.69, 9.17) is 9.47 Å². The number of ether oxygens (including phenoxy) is 2. The van der Waals surface area contributed by atoms with Gasteiger partial charge in [0.15, 0.2) is 0 Å². The Kier molecular flexibility index (Phi) is 7.36. The molecule has 0 radical (unpaired) electrons. The Labute approximate surface area is 184 Å². The largest absolute Gasteiger partial charge is 0.491 e. The highest BCUT2D eigenvalue weighted by Gasteiger charge is 2.46. The molecule has 2 aromatic carbocycles. The van der Waals surface area contributed by atoms with Gasteiger partial charge in [-0.3, -0.25) is 4.79 Å². The predicted molar refractivity (Wildman–Crippen MR) is 119 cm³/mol. The van der Waals surface area contributed by atoms with E-state index in [1.807, 2.05) is 49.4 Å². The van der Waals surface area contributed by atoms with Crippen molar-refractivity contribution in [2.75, 3.05) is 13.2 Å². The maximum absolute atomic E-state index is 12.1. The summed E-state index contributed by atoms with van der Waals surface area (Å²) in [4.78, 5) is 12.1. The van der Waals surface area contributed by atoms with Gasteiger partial charge in [-0.15, -0.1) is 0 Å². The van der Waals surface area contributed by atoms with E-state index in [-0.39, 0.29) is 18.6 Å². The highest BCUT2D eigenvalue weighted by molar-refractivity contribution is 5.94. The fourth-order valence-corrected chi connectivity index (χ4v) is 3.72. The minimum Gasteiger partial charge on any atom is -0.491 e. The summed E-state index contributed by atoms with van der Waals surface area (Å²) >= 11 is 0. The smallest absolute Gasteiger partial charge is 0.251 e. The summed E-state index contributed by atoms with van der Waals surface area (Å²) in [5.74, 6) is 0.584. The van der Waals surface area contributed by atoms with Gasteiger partial charge < -0.3 is 25.0 Å². The standard InChI is InChI=1S/C25H33NO5/c1-24(2,29)22-13-15-25(3,31-22)21(27)17-30-20-11-9-18(10-12-20)14-16-26-23(28)19-7-5-4-6-8-19/h4-12,21-22,27,29H,13-17H2,1-3H3,(H,26,28)/t21-,22+,25+/m1/s1. The molecule has 0 aliphatic carbocycles. The minimum absolute atomic E-state index is 0.0796. The summed E-state index contributed by atoms with van der Waals surface area (Å²) in [6.07, 6.45) is 0.986. The first-order valence-corrected chi connectivity index (χ1v) is 10.8. The molecular weight excluding hydrogens is 394 g/mol. The van der Waals surface area contributed by atoms with E-state index >= 15 is 0 Å². The van der Waals surface area contributed by atoms with E-state index in [0.29, 0.717) is 37.1 Å². The molecule has 0 unspecified atom stereocenters. The molecule has 3 N–H and O–H groups in total. The van der Waals surface area contributed by atoms with Crippen LogP contribution in [0.25, 0.3) is 0 Å². The lowest BCUT2D eigenvalue weighted by Crippen LogP contribution is -2.46. The highest BCUT2D eigenvalue weighted by Crippen LogP contribution is 2.37.